The quantitative estimate of drug-likeness (QED) is 0.731. The van der Waals surface area contributed by atoms with E-state index in [1.165, 1.54) is 11.3 Å². The molecule has 1 unspecified atom stereocenters. The summed E-state index contributed by atoms with van der Waals surface area (Å²) < 4.78 is 10.1. The summed E-state index contributed by atoms with van der Waals surface area (Å²) in [5.74, 6) is 1.19. The Morgan fingerprint density at radius 2 is 2.38 bits per heavy atom. The van der Waals surface area contributed by atoms with Gasteiger partial charge in [-0.3, -0.25) is 4.79 Å². The van der Waals surface area contributed by atoms with Crippen molar-refractivity contribution in [2.45, 2.75) is 19.4 Å². The molecule has 2 rings (SSSR count). The summed E-state index contributed by atoms with van der Waals surface area (Å²) in [6.45, 7) is 3.40. The summed E-state index contributed by atoms with van der Waals surface area (Å²) in [5, 5.41) is 11.8. The average molecular weight is 309 g/mol. The van der Waals surface area contributed by atoms with Crippen molar-refractivity contribution in [1.29, 1.82) is 0 Å². The molecular formula is C14H19N3O3S. The number of aromatic nitrogens is 1. The number of nitrogens with zero attached hydrogens (tertiary/aromatic N) is 1. The summed E-state index contributed by atoms with van der Waals surface area (Å²) in [4.78, 5) is 12.4. The van der Waals surface area contributed by atoms with E-state index in [0.29, 0.717) is 12.4 Å². The summed E-state index contributed by atoms with van der Waals surface area (Å²) in [6, 6.07) is 5.50. The number of carbonyl (C=O) groups is 1. The third-order valence-electron chi connectivity index (χ3n) is 2.98. The van der Waals surface area contributed by atoms with Crippen molar-refractivity contribution in [2.75, 3.05) is 20.2 Å². The van der Waals surface area contributed by atoms with Gasteiger partial charge in [0, 0.05) is 12.6 Å². The Morgan fingerprint density at radius 1 is 1.52 bits per heavy atom. The molecule has 0 bridgehead atoms. The minimum absolute atomic E-state index is 0.0157. The van der Waals surface area contributed by atoms with E-state index >= 15 is 0 Å². The molecule has 21 heavy (non-hydrogen) atoms. The predicted octanol–water partition coefficient (Wildman–Crippen LogP) is 2.22. The number of amides is 1. The largest absolute Gasteiger partial charge is 0.479 e. The van der Waals surface area contributed by atoms with E-state index in [2.05, 4.69) is 15.8 Å². The second-order valence-corrected chi connectivity index (χ2v) is 5.48. The first-order valence-corrected chi connectivity index (χ1v) is 7.64. The van der Waals surface area contributed by atoms with Crippen molar-refractivity contribution >= 4 is 17.2 Å². The zero-order valence-corrected chi connectivity index (χ0v) is 12.9. The van der Waals surface area contributed by atoms with Gasteiger partial charge in [-0.25, -0.2) is 0 Å². The first-order chi connectivity index (χ1) is 10.2. The van der Waals surface area contributed by atoms with Gasteiger partial charge in [-0.1, -0.05) is 6.07 Å². The Balaban J connectivity index is 1.62. The first-order valence-electron chi connectivity index (χ1n) is 6.76. The Kier molecular flexibility index (Phi) is 5.77. The van der Waals surface area contributed by atoms with Crippen LogP contribution in [0.1, 0.15) is 34.8 Å². The maximum absolute atomic E-state index is 11.7. The van der Waals surface area contributed by atoms with E-state index in [-0.39, 0.29) is 11.9 Å². The van der Waals surface area contributed by atoms with E-state index in [0.717, 1.165) is 23.6 Å². The standard InChI is InChI=1S/C14H19N3O3S/c1-10(11-9-13(19-2)17-20-11)15-6-4-7-16-14(18)12-5-3-8-21-12/h3,5,8-10,15H,4,6-7H2,1-2H3,(H,16,18). The van der Waals surface area contributed by atoms with Gasteiger partial charge in [0.1, 0.15) is 0 Å². The lowest BCUT2D eigenvalue weighted by Gasteiger charge is -2.10. The summed E-state index contributed by atoms with van der Waals surface area (Å²) in [6.07, 6.45) is 0.840. The number of thiophene rings is 1. The average Bonchev–Trinajstić information content (AvgIpc) is 3.17. The van der Waals surface area contributed by atoms with Crippen LogP contribution in [0.15, 0.2) is 28.1 Å². The van der Waals surface area contributed by atoms with E-state index in [1.807, 2.05) is 24.4 Å². The van der Waals surface area contributed by atoms with Gasteiger partial charge in [0.25, 0.3) is 11.8 Å². The van der Waals surface area contributed by atoms with Crippen LogP contribution in [0.5, 0.6) is 5.88 Å². The van der Waals surface area contributed by atoms with Crippen LogP contribution in [0.25, 0.3) is 0 Å². The van der Waals surface area contributed by atoms with Gasteiger partial charge in [0.15, 0.2) is 5.76 Å². The van der Waals surface area contributed by atoms with Gasteiger partial charge < -0.3 is 19.9 Å². The van der Waals surface area contributed by atoms with Gasteiger partial charge in [-0.15, -0.1) is 11.3 Å². The highest BCUT2D eigenvalue weighted by atomic mass is 32.1. The molecular weight excluding hydrogens is 290 g/mol. The van der Waals surface area contributed by atoms with Crippen molar-refractivity contribution in [2.24, 2.45) is 0 Å². The van der Waals surface area contributed by atoms with E-state index < -0.39 is 0 Å². The van der Waals surface area contributed by atoms with Crippen molar-refractivity contribution in [3.63, 3.8) is 0 Å². The molecule has 2 aromatic heterocycles. The fourth-order valence-electron chi connectivity index (χ4n) is 1.78. The molecule has 0 saturated heterocycles. The number of hydrogen-bond acceptors (Lipinski definition) is 6. The monoisotopic (exact) mass is 309 g/mol. The van der Waals surface area contributed by atoms with Crippen LogP contribution in [0.2, 0.25) is 0 Å². The molecule has 1 atom stereocenters. The van der Waals surface area contributed by atoms with Gasteiger partial charge in [0.05, 0.1) is 18.0 Å². The number of nitrogens with one attached hydrogen (secondary N) is 2. The molecule has 0 aliphatic heterocycles. The number of carbonyl (C=O) groups excluding carboxylic acids is 1. The van der Waals surface area contributed by atoms with Crippen molar-refractivity contribution in [3.8, 4) is 5.88 Å². The fourth-order valence-corrected chi connectivity index (χ4v) is 2.42. The fraction of sp³-hybridized carbons (Fsp3) is 0.429. The Labute approximate surface area is 127 Å². The minimum Gasteiger partial charge on any atom is -0.479 e. The van der Waals surface area contributed by atoms with Crippen LogP contribution in [0.3, 0.4) is 0 Å². The molecule has 0 aromatic carbocycles. The van der Waals surface area contributed by atoms with E-state index in [4.69, 9.17) is 9.26 Å². The summed E-state index contributed by atoms with van der Waals surface area (Å²) in [7, 11) is 1.55. The third kappa shape index (κ3) is 4.57. The lowest BCUT2D eigenvalue weighted by molar-refractivity contribution is 0.0957. The van der Waals surface area contributed by atoms with Crippen LogP contribution in [-0.4, -0.2) is 31.3 Å². The lowest BCUT2D eigenvalue weighted by atomic mass is 10.2. The van der Waals surface area contributed by atoms with Crippen molar-refractivity contribution in [3.05, 3.63) is 34.2 Å². The lowest BCUT2D eigenvalue weighted by Crippen LogP contribution is -2.27. The van der Waals surface area contributed by atoms with Crippen molar-refractivity contribution < 1.29 is 14.1 Å². The molecule has 2 N–H and O–H groups in total. The molecule has 0 fully saturated rings. The van der Waals surface area contributed by atoms with Gasteiger partial charge >= 0.3 is 0 Å². The van der Waals surface area contributed by atoms with Gasteiger partial charge in [-0.05, 0) is 36.5 Å². The van der Waals surface area contributed by atoms with E-state index in [9.17, 15) is 4.79 Å². The van der Waals surface area contributed by atoms with Crippen LogP contribution >= 0.6 is 11.3 Å². The van der Waals surface area contributed by atoms with Crippen LogP contribution in [-0.2, 0) is 0 Å². The molecule has 0 aliphatic carbocycles. The number of methoxy groups -OCH3 is 1. The van der Waals surface area contributed by atoms with Crippen LogP contribution in [0.4, 0.5) is 0 Å². The molecule has 2 heterocycles. The smallest absolute Gasteiger partial charge is 0.261 e. The highest BCUT2D eigenvalue weighted by Crippen LogP contribution is 2.17. The second kappa shape index (κ2) is 7.80. The predicted molar refractivity (Wildman–Crippen MR) is 80.7 cm³/mol. The van der Waals surface area contributed by atoms with Crippen LogP contribution in [0, 0.1) is 0 Å². The topological polar surface area (TPSA) is 76.4 Å². The molecule has 0 radical (unpaired) electrons. The Morgan fingerprint density at radius 3 is 3.05 bits per heavy atom. The Bertz CT molecular complexity index is 554. The molecule has 0 aliphatic rings. The Hall–Kier alpha value is -1.86. The SMILES string of the molecule is COc1cc(C(C)NCCCNC(=O)c2cccs2)on1. The summed E-state index contributed by atoms with van der Waals surface area (Å²) >= 11 is 1.44. The summed E-state index contributed by atoms with van der Waals surface area (Å²) in [5.41, 5.74) is 0. The number of hydrogen-bond donors (Lipinski definition) is 2. The number of ether oxygens (including phenoxy) is 1. The third-order valence-corrected chi connectivity index (χ3v) is 3.85. The van der Waals surface area contributed by atoms with E-state index in [1.54, 1.807) is 13.2 Å². The maximum Gasteiger partial charge on any atom is 0.261 e. The first kappa shape index (κ1) is 15.5. The second-order valence-electron chi connectivity index (χ2n) is 4.53. The minimum atomic E-state index is -0.0157. The molecule has 2 aromatic rings. The molecule has 1 amide bonds. The molecule has 114 valence electrons. The van der Waals surface area contributed by atoms with Gasteiger partial charge in [0.2, 0.25) is 0 Å². The molecule has 6 nitrogen and oxygen atoms in total. The molecule has 0 spiro atoms. The van der Waals surface area contributed by atoms with Gasteiger partial charge in [-0.2, -0.15) is 0 Å². The van der Waals surface area contributed by atoms with Crippen molar-refractivity contribution in [1.82, 2.24) is 15.8 Å². The maximum atomic E-state index is 11.7. The molecule has 7 heteroatoms. The normalized spacial score (nSPS) is 12.1. The van der Waals surface area contributed by atoms with Crippen LogP contribution < -0.4 is 15.4 Å². The number of rotatable bonds is 8. The highest BCUT2D eigenvalue weighted by molar-refractivity contribution is 7.12. The molecule has 0 saturated carbocycles. The zero-order valence-electron chi connectivity index (χ0n) is 12.1. The zero-order chi connectivity index (χ0) is 15.1. The highest BCUT2D eigenvalue weighted by Gasteiger charge is 2.11.